The zero-order valence-electron chi connectivity index (χ0n) is 7.54. The van der Waals surface area contributed by atoms with Gasteiger partial charge in [-0.1, -0.05) is 0 Å². The summed E-state index contributed by atoms with van der Waals surface area (Å²) in [7, 11) is 0. The molecule has 0 aromatic carbocycles. The van der Waals surface area contributed by atoms with Crippen LogP contribution in [0.4, 0.5) is 0 Å². The van der Waals surface area contributed by atoms with Gasteiger partial charge in [0.05, 0.1) is 0 Å². The molecule has 1 atom stereocenters. The molecule has 0 aliphatic rings. The number of amides is 1. The monoisotopic (exact) mass is 183 g/mol. The maximum Gasteiger partial charge on any atom is 0.326 e. The second-order valence-electron chi connectivity index (χ2n) is 2.69. The topological polar surface area (TPSA) is 66.4 Å². The van der Waals surface area contributed by atoms with Gasteiger partial charge in [0, 0.05) is 13.3 Å². The van der Waals surface area contributed by atoms with Crippen molar-refractivity contribution >= 4 is 11.9 Å². The number of carboxylic acids is 1. The molecule has 0 unspecified atom stereocenters. The molecule has 0 radical (unpaired) electrons. The van der Waals surface area contributed by atoms with Crippen LogP contribution in [0.5, 0.6) is 0 Å². The highest BCUT2D eigenvalue weighted by molar-refractivity contribution is 5.81. The summed E-state index contributed by atoms with van der Waals surface area (Å²) in [6.45, 7) is 1.29. The van der Waals surface area contributed by atoms with Gasteiger partial charge in [0.1, 0.15) is 6.04 Å². The molecule has 0 aromatic heterocycles. The Morgan fingerprint density at radius 1 is 1.62 bits per heavy atom. The summed E-state index contributed by atoms with van der Waals surface area (Å²) in [5.74, 6) is 1.05. The largest absolute Gasteiger partial charge is 0.480 e. The maximum atomic E-state index is 10.6. The number of carbonyl (C=O) groups excluding carboxylic acids is 1. The standard InChI is InChI=1S/C9H13NO3/c1-3-4-5-6-8(9(12)13)10-7(2)11/h1,8H,4-6H2,2H3,(H,10,11)(H,12,13)/t8-/m0/s1. The normalized spacial score (nSPS) is 11.4. The van der Waals surface area contributed by atoms with Gasteiger partial charge in [-0.05, 0) is 12.8 Å². The van der Waals surface area contributed by atoms with E-state index in [-0.39, 0.29) is 5.91 Å². The first-order valence-electron chi connectivity index (χ1n) is 4.01. The van der Waals surface area contributed by atoms with Crippen molar-refractivity contribution in [2.75, 3.05) is 0 Å². The lowest BCUT2D eigenvalue weighted by molar-refractivity contribution is -0.141. The van der Waals surface area contributed by atoms with E-state index in [0.29, 0.717) is 19.3 Å². The molecule has 0 rings (SSSR count). The SMILES string of the molecule is C#CCCC[C@H](NC(C)=O)C(=O)O. The van der Waals surface area contributed by atoms with Crippen molar-refractivity contribution in [1.29, 1.82) is 0 Å². The predicted octanol–water partition coefficient (Wildman–Crippen LogP) is 0.379. The number of hydrogen-bond donors (Lipinski definition) is 2. The molecule has 2 N–H and O–H groups in total. The maximum absolute atomic E-state index is 10.6. The molecule has 0 bridgehead atoms. The summed E-state index contributed by atoms with van der Waals surface area (Å²) < 4.78 is 0. The summed E-state index contributed by atoms with van der Waals surface area (Å²) in [6, 6.07) is -0.814. The van der Waals surface area contributed by atoms with Crippen LogP contribution < -0.4 is 5.32 Å². The van der Waals surface area contributed by atoms with Gasteiger partial charge in [-0.2, -0.15) is 0 Å². The third-order valence-electron chi connectivity index (χ3n) is 1.49. The molecule has 1 amide bonds. The lowest BCUT2D eigenvalue weighted by atomic mass is 10.1. The Labute approximate surface area is 77.3 Å². The lowest BCUT2D eigenvalue weighted by Gasteiger charge is -2.11. The number of rotatable bonds is 5. The molecule has 72 valence electrons. The Hall–Kier alpha value is -1.50. The molecule has 4 nitrogen and oxygen atoms in total. The van der Waals surface area contributed by atoms with Gasteiger partial charge >= 0.3 is 5.97 Å². The van der Waals surface area contributed by atoms with Crippen molar-refractivity contribution in [3.8, 4) is 12.3 Å². The van der Waals surface area contributed by atoms with Gasteiger partial charge in [-0.3, -0.25) is 4.79 Å². The van der Waals surface area contributed by atoms with Crippen molar-refractivity contribution < 1.29 is 14.7 Å². The summed E-state index contributed by atoms with van der Waals surface area (Å²) in [4.78, 5) is 21.1. The van der Waals surface area contributed by atoms with E-state index in [9.17, 15) is 9.59 Å². The van der Waals surface area contributed by atoms with Gasteiger partial charge in [0.25, 0.3) is 0 Å². The van der Waals surface area contributed by atoms with Crippen molar-refractivity contribution in [2.24, 2.45) is 0 Å². The Kier molecular flexibility index (Phi) is 5.37. The van der Waals surface area contributed by atoms with E-state index in [1.165, 1.54) is 6.92 Å². The van der Waals surface area contributed by atoms with Crippen molar-refractivity contribution in [3.05, 3.63) is 0 Å². The summed E-state index contributed by atoms with van der Waals surface area (Å²) >= 11 is 0. The number of nitrogens with one attached hydrogen (secondary N) is 1. The van der Waals surface area contributed by atoms with Crippen molar-refractivity contribution in [1.82, 2.24) is 5.32 Å². The number of hydrogen-bond acceptors (Lipinski definition) is 2. The molecule has 13 heavy (non-hydrogen) atoms. The average Bonchev–Trinajstić information content (AvgIpc) is 2.02. The highest BCUT2D eigenvalue weighted by Crippen LogP contribution is 2.00. The minimum atomic E-state index is -1.02. The molecule has 0 saturated heterocycles. The second-order valence-corrected chi connectivity index (χ2v) is 2.69. The number of unbranched alkanes of at least 4 members (excludes halogenated alkanes) is 1. The smallest absolute Gasteiger partial charge is 0.326 e. The number of aliphatic carboxylic acids is 1. The first kappa shape index (κ1) is 11.5. The average molecular weight is 183 g/mol. The van der Waals surface area contributed by atoms with Gasteiger partial charge in [0.15, 0.2) is 0 Å². The van der Waals surface area contributed by atoms with Crippen LogP contribution in [0.1, 0.15) is 26.2 Å². The zero-order chi connectivity index (χ0) is 10.3. The van der Waals surface area contributed by atoms with Gasteiger partial charge < -0.3 is 10.4 Å². The van der Waals surface area contributed by atoms with Gasteiger partial charge in [-0.25, -0.2) is 4.79 Å². The van der Waals surface area contributed by atoms with E-state index in [0.717, 1.165) is 0 Å². The summed E-state index contributed by atoms with van der Waals surface area (Å²) in [5, 5.41) is 11.0. The third-order valence-corrected chi connectivity index (χ3v) is 1.49. The molecule has 0 spiro atoms. The molecule has 0 aliphatic carbocycles. The van der Waals surface area contributed by atoms with E-state index in [1.54, 1.807) is 0 Å². The van der Waals surface area contributed by atoms with Gasteiger partial charge in [0.2, 0.25) is 5.91 Å². The van der Waals surface area contributed by atoms with Crippen LogP contribution in [0.25, 0.3) is 0 Å². The van der Waals surface area contributed by atoms with Crippen LogP contribution in [0.2, 0.25) is 0 Å². The molecule has 0 heterocycles. The fraction of sp³-hybridized carbons (Fsp3) is 0.556. The van der Waals surface area contributed by atoms with Crippen LogP contribution in [0, 0.1) is 12.3 Å². The predicted molar refractivity (Wildman–Crippen MR) is 47.9 cm³/mol. The van der Waals surface area contributed by atoms with Gasteiger partial charge in [-0.15, -0.1) is 12.3 Å². The minimum Gasteiger partial charge on any atom is -0.480 e. The summed E-state index contributed by atoms with van der Waals surface area (Å²) in [5.41, 5.74) is 0. The van der Waals surface area contributed by atoms with Crippen LogP contribution in [-0.2, 0) is 9.59 Å². The summed E-state index contributed by atoms with van der Waals surface area (Å²) in [6.07, 6.45) is 6.52. The molecule has 0 aliphatic heterocycles. The van der Waals surface area contributed by atoms with Crippen LogP contribution in [-0.4, -0.2) is 23.0 Å². The van der Waals surface area contributed by atoms with E-state index in [1.807, 2.05) is 0 Å². The fourth-order valence-corrected chi connectivity index (χ4v) is 0.911. The van der Waals surface area contributed by atoms with Crippen molar-refractivity contribution in [3.63, 3.8) is 0 Å². The van der Waals surface area contributed by atoms with E-state index >= 15 is 0 Å². The van der Waals surface area contributed by atoms with E-state index < -0.39 is 12.0 Å². The third kappa shape index (κ3) is 5.74. The van der Waals surface area contributed by atoms with E-state index in [2.05, 4.69) is 11.2 Å². The molecular formula is C9H13NO3. The minimum absolute atomic E-state index is 0.340. The Bertz CT molecular complexity index is 230. The van der Waals surface area contributed by atoms with Crippen LogP contribution in [0.3, 0.4) is 0 Å². The Morgan fingerprint density at radius 2 is 2.23 bits per heavy atom. The number of carbonyl (C=O) groups is 2. The van der Waals surface area contributed by atoms with Crippen LogP contribution in [0.15, 0.2) is 0 Å². The molecule has 0 saturated carbocycles. The molecule has 0 fully saturated rings. The van der Waals surface area contributed by atoms with Crippen molar-refractivity contribution in [2.45, 2.75) is 32.2 Å². The zero-order valence-corrected chi connectivity index (χ0v) is 7.54. The number of terminal acetylenes is 1. The highest BCUT2D eigenvalue weighted by atomic mass is 16.4. The highest BCUT2D eigenvalue weighted by Gasteiger charge is 2.16. The van der Waals surface area contributed by atoms with E-state index in [4.69, 9.17) is 11.5 Å². The van der Waals surface area contributed by atoms with Crippen LogP contribution >= 0.6 is 0 Å². The first-order chi connectivity index (χ1) is 6.07. The lowest BCUT2D eigenvalue weighted by Crippen LogP contribution is -2.39. The first-order valence-corrected chi connectivity index (χ1v) is 4.01. The fourth-order valence-electron chi connectivity index (χ4n) is 0.911. The number of carboxylic acid groups (broad SMARTS) is 1. The molecule has 4 heteroatoms. The Balaban J connectivity index is 3.89. The molecule has 0 aromatic rings. The second kappa shape index (κ2) is 6.06. The molecular weight excluding hydrogens is 170 g/mol. The quantitative estimate of drug-likeness (QED) is 0.478. The Morgan fingerprint density at radius 3 is 2.62 bits per heavy atom.